The highest BCUT2D eigenvalue weighted by Crippen LogP contribution is 2.25. The van der Waals surface area contributed by atoms with E-state index in [2.05, 4.69) is 5.32 Å². The summed E-state index contributed by atoms with van der Waals surface area (Å²) in [5.41, 5.74) is 0. The van der Waals surface area contributed by atoms with Crippen molar-refractivity contribution in [2.24, 2.45) is 0 Å². The molecule has 0 spiro atoms. The van der Waals surface area contributed by atoms with Crippen molar-refractivity contribution in [1.82, 2.24) is 5.32 Å². The van der Waals surface area contributed by atoms with Crippen molar-refractivity contribution >= 4 is 29.3 Å². The number of carbonyl (C=O) groups is 1. The first kappa shape index (κ1) is 18.5. The van der Waals surface area contributed by atoms with E-state index in [9.17, 15) is 4.79 Å². The fourth-order valence-electron chi connectivity index (χ4n) is 1.95. The largest absolute Gasteiger partial charge is 0.497 e. The first-order chi connectivity index (χ1) is 11.6. The van der Waals surface area contributed by atoms with Gasteiger partial charge in [0.25, 0.3) is 0 Å². The summed E-state index contributed by atoms with van der Waals surface area (Å²) in [6.45, 7) is 2.67. The van der Waals surface area contributed by atoms with Crippen molar-refractivity contribution in [1.29, 1.82) is 0 Å². The Bertz CT molecular complexity index is 664. The Hall–Kier alpha value is -1.85. The molecule has 4 nitrogen and oxygen atoms in total. The SMILES string of the molecule is COc1ccc(S[C@@H](C)C(=O)NCCOc2ccccc2Cl)cc1. The summed E-state index contributed by atoms with van der Waals surface area (Å²) in [7, 11) is 1.63. The summed E-state index contributed by atoms with van der Waals surface area (Å²) in [4.78, 5) is 13.1. The van der Waals surface area contributed by atoms with E-state index in [1.807, 2.05) is 43.3 Å². The minimum Gasteiger partial charge on any atom is -0.497 e. The molecule has 0 aromatic heterocycles. The van der Waals surface area contributed by atoms with Gasteiger partial charge in [-0.05, 0) is 43.3 Å². The molecule has 0 fully saturated rings. The lowest BCUT2D eigenvalue weighted by atomic mass is 10.3. The van der Waals surface area contributed by atoms with Crippen LogP contribution in [-0.4, -0.2) is 31.4 Å². The Morgan fingerprint density at radius 1 is 1.21 bits per heavy atom. The maximum absolute atomic E-state index is 12.1. The molecule has 1 atom stereocenters. The van der Waals surface area contributed by atoms with E-state index in [1.54, 1.807) is 19.2 Å². The number of benzene rings is 2. The molecule has 2 aromatic rings. The summed E-state index contributed by atoms with van der Waals surface area (Å²) in [5.74, 6) is 1.39. The van der Waals surface area contributed by atoms with Gasteiger partial charge >= 0.3 is 0 Å². The summed E-state index contributed by atoms with van der Waals surface area (Å²) in [6.07, 6.45) is 0. The summed E-state index contributed by atoms with van der Waals surface area (Å²) in [6, 6.07) is 14.9. The summed E-state index contributed by atoms with van der Waals surface area (Å²) < 4.78 is 10.7. The van der Waals surface area contributed by atoms with Crippen molar-refractivity contribution in [3.05, 3.63) is 53.6 Å². The van der Waals surface area contributed by atoms with E-state index in [0.29, 0.717) is 23.9 Å². The van der Waals surface area contributed by atoms with Crippen LogP contribution in [0.15, 0.2) is 53.4 Å². The van der Waals surface area contributed by atoms with Crippen LogP contribution in [0.1, 0.15) is 6.92 Å². The minimum absolute atomic E-state index is 0.0291. The molecule has 0 aliphatic heterocycles. The molecule has 0 aliphatic carbocycles. The molecular weight excluding hydrogens is 346 g/mol. The van der Waals surface area contributed by atoms with Crippen molar-refractivity contribution in [3.8, 4) is 11.5 Å². The Kier molecular flexibility index (Phi) is 7.28. The van der Waals surface area contributed by atoms with Gasteiger partial charge < -0.3 is 14.8 Å². The predicted molar refractivity (Wildman–Crippen MR) is 98.3 cm³/mol. The van der Waals surface area contributed by atoms with Crippen LogP contribution in [0.25, 0.3) is 0 Å². The fraction of sp³-hybridized carbons (Fsp3) is 0.278. The van der Waals surface area contributed by atoms with E-state index in [1.165, 1.54) is 11.8 Å². The number of methoxy groups -OCH3 is 1. The highest BCUT2D eigenvalue weighted by atomic mass is 35.5. The van der Waals surface area contributed by atoms with Gasteiger partial charge in [-0.2, -0.15) is 0 Å². The van der Waals surface area contributed by atoms with Crippen LogP contribution in [0.3, 0.4) is 0 Å². The summed E-state index contributed by atoms with van der Waals surface area (Å²) in [5, 5.41) is 3.23. The molecular formula is C18H20ClNO3S. The fourth-order valence-corrected chi connectivity index (χ4v) is 3.03. The number of carbonyl (C=O) groups excluding carboxylic acids is 1. The lowest BCUT2D eigenvalue weighted by Gasteiger charge is -2.13. The quantitative estimate of drug-likeness (QED) is 0.567. The third-order valence-electron chi connectivity index (χ3n) is 3.24. The molecule has 24 heavy (non-hydrogen) atoms. The van der Waals surface area contributed by atoms with Crippen LogP contribution in [0.2, 0.25) is 5.02 Å². The Morgan fingerprint density at radius 2 is 1.92 bits per heavy atom. The molecule has 0 saturated heterocycles. The Morgan fingerprint density at radius 3 is 2.58 bits per heavy atom. The van der Waals surface area contributed by atoms with E-state index in [0.717, 1.165) is 10.6 Å². The monoisotopic (exact) mass is 365 g/mol. The average Bonchev–Trinajstić information content (AvgIpc) is 2.60. The van der Waals surface area contributed by atoms with E-state index >= 15 is 0 Å². The van der Waals surface area contributed by atoms with Gasteiger partial charge in [0.1, 0.15) is 18.1 Å². The van der Waals surface area contributed by atoms with Crippen LogP contribution in [-0.2, 0) is 4.79 Å². The highest BCUT2D eigenvalue weighted by Gasteiger charge is 2.14. The second-order valence-corrected chi connectivity index (χ2v) is 6.83. The molecule has 1 amide bonds. The summed E-state index contributed by atoms with van der Waals surface area (Å²) >= 11 is 7.50. The molecule has 128 valence electrons. The van der Waals surface area contributed by atoms with Gasteiger partial charge in [-0.1, -0.05) is 23.7 Å². The zero-order valence-electron chi connectivity index (χ0n) is 13.6. The van der Waals surface area contributed by atoms with Crippen LogP contribution in [0.4, 0.5) is 0 Å². The van der Waals surface area contributed by atoms with Crippen LogP contribution < -0.4 is 14.8 Å². The number of nitrogens with one attached hydrogen (secondary N) is 1. The number of amides is 1. The highest BCUT2D eigenvalue weighted by molar-refractivity contribution is 8.00. The van der Waals surface area contributed by atoms with Gasteiger partial charge in [-0.25, -0.2) is 0 Å². The third-order valence-corrected chi connectivity index (χ3v) is 4.66. The molecule has 1 N–H and O–H groups in total. The lowest BCUT2D eigenvalue weighted by Crippen LogP contribution is -2.33. The second kappa shape index (κ2) is 9.45. The van der Waals surface area contributed by atoms with Gasteiger partial charge in [-0.15, -0.1) is 11.8 Å². The Labute approximate surface area is 151 Å². The second-order valence-electron chi connectivity index (χ2n) is 5.01. The maximum Gasteiger partial charge on any atom is 0.233 e. The van der Waals surface area contributed by atoms with Crippen molar-refractivity contribution in [3.63, 3.8) is 0 Å². The van der Waals surface area contributed by atoms with Crippen LogP contribution in [0, 0.1) is 0 Å². The third kappa shape index (κ3) is 5.65. The molecule has 0 radical (unpaired) electrons. The molecule has 0 unspecified atom stereocenters. The van der Waals surface area contributed by atoms with Gasteiger partial charge in [-0.3, -0.25) is 4.79 Å². The number of para-hydroxylation sites is 1. The minimum atomic E-state index is -0.196. The van der Waals surface area contributed by atoms with Gasteiger partial charge in [0, 0.05) is 4.90 Å². The van der Waals surface area contributed by atoms with E-state index in [4.69, 9.17) is 21.1 Å². The molecule has 6 heteroatoms. The normalized spacial score (nSPS) is 11.6. The van der Waals surface area contributed by atoms with Crippen LogP contribution >= 0.6 is 23.4 Å². The average molecular weight is 366 g/mol. The first-order valence-corrected chi connectivity index (χ1v) is 8.81. The molecule has 0 bridgehead atoms. The van der Waals surface area contributed by atoms with Gasteiger partial charge in [0.05, 0.1) is 23.9 Å². The standard InChI is InChI=1S/C18H20ClNO3S/c1-13(24-15-9-7-14(22-2)8-10-15)18(21)20-11-12-23-17-6-4-3-5-16(17)19/h3-10,13H,11-12H2,1-2H3,(H,20,21)/t13-/m0/s1. The maximum atomic E-state index is 12.1. The van der Waals surface area contributed by atoms with E-state index in [-0.39, 0.29) is 11.2 Å². The Balaban J connectivity index is 1.72. The number of halogens is 1. The molecule has 0 aliphatic rings. The van der Waals surface area contributed by atoms with Crippen molar-refractivity contribution in [2.75, 3.05) is 20.3 Å². The van der Waals surface area contributed by atoms with Crippen molar-refractivity contribution in [2.45, 2.75) is 17.1 Å². The topological polar surface area (TPSA) is 47.6 Å². The smallest absolute Gasteiger partial charge is 0.233 e. The number of hydrogen-bond acceptors (Lipinski definition) is 4. The number of hydrogen-bond donors (Lipinski definition) is 1. The molecule has 0 saturated carbocycles. The van der Waals surface area contributed by atoms with Crippen LogP contribution in [0.5, 0.6) is 11.5 Å². The van der Waals surface area contributed by atoms with Crippen molar-refractivity contribution < 1.29 is 14.3 Å². The lowest BCUT2D eigenvalue weighted by molar-refractivity contribution is -0.120. The number of ether oxygens (including phenoxy) is 2. The van der Waals surface area contributed by atoms with E-state index < -0.39 is 0 Å². The molecule has 0 heterocycles. The van der Waals surface area contributed by atoms with Gasteiger partial charge in [0.2, 0.25) is 5.91 Å². The molecule has 2 rings (SSSR count). The number of thioether (sulfide) groups is 1. The van der Waals surface area contributed by atoms with Gasteiger partial charge in [0.15, 0.2) is 0 Å². The zero-order valence-corrected chi connectivity index (χ0v) is 15.2. The molecule has 2 aromatic carbocycles. The number of rotatable bonds is 8. The zero-order chi connectivity index (χ0) is 17.4. The predicted octanol–water partition coefficient (Wildman–Crippen LogP) is 4.02. The first-order valence-electron chi connectivity index (χ1n) is 7.56.